The number of aliphatic hydroxyl groups is 1. The summed E-state index contributed by atoms with van der Waals surface area (Å²) in [6.45, 7) is 3.22. The van der Waals surface area contributed by atoms with Crippen molar-refractivity contribution < 1.29 is 5.11 Å². The number of rotatable bonds is 5. The summed E-state index contributed by atoms with van der Waals surface area (Å²) in [6.07, 6.45) is 1.21. The van der Waals surface area contributed by atoms with E-state index in [0.29, 0.717) is 6.54 Å². The molecule has 0 aliphatic heterocycles. The van der Waals surface area contributed by atoms with Gasteiger partial charge in [0, 0.05) is 30.5 Å². The third-order valence-corrected chi connectivity index (χ3v) is 2.83. The average molecular weight is 315 g/mol. The molecule has 0 aliphatic rings. The Bertz CT molecular complexity index is 477. The monoisotopic (exact) mass is 314 g/mol. The van der Waals surface area contributed by atoms with Crippen LogP contribution in [0.25, 0.3) is 0 Å². The summed E-state index contributed by atoms with van der Waals surface area (Å²) in [5.41, 5.74) is 3.02. The summed E-state index contributed by atoms with van der Waals surface area (Å²) in [5, 5.41) is 13.2. The SMILES string of the molecule is Cc1ccc(C(O)CNCc2ccccc2)cn1.Cl.Cl. The third-order valence-electron chi connectivity index (χ3n) is 2.83. The number of hydrogen-bond donors (Lipinski definition) is 2. The van der Waals surface area contributed by atoms with Crippen LogP contribution in [0.3, 0.4) is 0 Å². The van der Waals surface area contributed by atoms with Crippen molar-refractivity contribution in [1.29, 1.82) is 0 Å². The van der Waals surface area contributed by atoms with E-state index in [1.165, 1.54) is 5.56 Å². The van der Waals surface area contributed by atoms with Gasteiger partial charge in [0.1, 0.15) is 0 Å². The highest BCUT2D eigenvalue weighted by atomic mass is 35.5. The minimum absolute atomic E-state index is 0. The summed E-state index contributed by atoms with van der Waals surface area (Å²) in [7, 11) is 0. The van der Waals surface area contributed by atoms with Crippen molar-refractivity contribution in [1.82, 2.24) is 10.3 Å². The quantitative estimate of drug-likeness (QED) is 0.891. The van der Waals surface area contributed by atoms with Crippen molar-refractivity contribution in [3.63, 3.8) is 0 Å². The van der Waals surface area contributed by atoms with Crippen LogP contribution in [-0.4, -0.2) is 16.6 Å². The van der Waals surface area contributed by atoms with E-state index >= 15 is 0 Å². The van der Waals surface area contributed by atoms with E-state index in [1.807, 2.05) is 37.3 Å². The first-order valence-electron chi connectivity index (χ1n) is 6.11. The molecule has 1 atom stereocenters. The zero-order valence-corrected chi connectivity index (χ0v) is 13.0. The third kappa shape index (κ3) is 5.88. The number of benzene rings is 1. The number of aliphatic hydroxyl groups excluding tert-OH is 1. The molecule has 1 aromatic heterocycles. The first-order valence-corrected chi connectivity index (χ1v) is 6.11. The van der Waals surface area contributed by atoms with Crippen molar-refractivity contribution in [2.45, 2.75) is 19.6 Å². The molecule has 0 aliphatic carbocycles. The maximum atomic E-state index is 9.99. The topological polar surface area (TPSA) is 45.1 Å². The number of pyridine rings is 1. The van der Waals surface area contributed by atoms with Crippen LogP contribution in [0, 0.1) is 6.92 Å². The lowest BCUT2D eigenvalue weighted by molar-refractivity contribution is 0.174. The second-order valence-corrected chi connectivity index (χ2v) is 4.37. The van der Waals surface area contributed by atoms with E-state index in [9.17, 15) is 5.11 Å². The molecule has 0 saturated heterocycles. The van der Waals surface area contributed by atoms with Gasteiger partial charge in [0.05, 0.1) is 6.10 Å². The molecule has 1 unspecified atom stereocenters. The Labute approximate surface area is 132 Å². The second-order valence-electron chi connectivity index (χ2n) is 4.37. The lowest BCUT2D eigenvalue weighted by Gasteiger charge is -2.12. The fourth-order valence-corrected chi connectivity index (χ4v) is 1.74. The molecule has 2 N–H and O–H groups in total. The number of aryl methyl sites for hydroxylation is 1. The fraction of sp³-hybridized carbons (Fsp3) is 0.267. The highest BCUT2D eigenvalue weighted by Crippen LogP contribution is 2.10. The molecule has 0 amide bonds. The molecule has 1 aromatic carbocycles. The largest absolute Gasteiger partial charge is 0.387 e. The van der Waals surface area contributed by atoms with Crippen molar-refractivity contribution in [3.05, 3.63) is 65.5 Å². The first kappa shape index (κ1) is 18.9. The van der Waals surface area contributed by atoms with Gasteiger partial charge in [-0.15, -0.1) is 24.8 Å². The van der Waals surface area contributed by atoms with Gasteiger partial charge in [-0.25, -0.2) is 0 Å². The Morgan fingerprint density at radius 2 is 1.80 bits per heavy atom. The Kier molecular flexibility index (Phi) is 9.17. The Hall–Kier alpha value is -1.13. The van der Waals surface area contributed by atoms with Crippen molar-refractivity contribution in [3.8, 4) is 0 Å². The van der Waals surface area contributed by atoms with Gasteiger partial charge < -0.3 is 10.4 Å². The molecule has 0 spiro atoms. The van der Waals surface area contributed by atoms with Crippen LogP contribution in [0.4, 0.5) is 0 Å². The lowest BCUT2D eigenvalue weighted by atomic mass is 10.1. The van der Waals surface area contributed by atoms with Gasteiger partial charge >= 0.3 is 0 Å². The molecule has 1 heterocycles. The minimum Gasteiger partial charge on any atom is -0.387 e. The molecule has 20 heavy (non-hydrogen) atoms. The average Bonchev–Trinajstić information content (AvgIpc) is 2.40. The van der Waals surface area contributed by atoms with Gasteiger partial charge in [-0.3, -0.25) is 4.98 Å². The van der Waals surface area contributed by atoms with Crippen LogP contribution in [0.2, 0.25) is 0 Å². The smallest absolute Gasteiger partial charge is 0.0929 e. The van der Waals surface area contributed by atoms with Gasteiger partial charge in [-0.1, -0.05) is 36.4 Å². The van der Waals surface area contributed by atoms with Crippen LogP contribution in [0.15, 0.2) is 48.7 Å². The molecular formula is C15H20Cl2N2O. The molecular weight excluding hydrogens is 295 g/mol. The molecule has 2 aromatic rings. The van der Waals surface area contributed by atoms with Gasteiger partial charge in [0.15, 0.2) is 0 Å². The van der Waals surface area contributed by atoms with E-state index in [-0.39, 0.29) is 24.8 Å². The second kappa shape index (κ2) is 9.72. The summed E-state index contributed by atoms with van der Waals surface area (Å²) < 4.78 is 0. The summed E-state index contributed by atoms with van der Waals surface area (Å²) in [5.74, 6) is 0. The first-order chi connectivity index (χ1) is 8.75. The van der Waals surface area contributed by atoms with Crippen molar-refractivity contribution in [2.24, 2.45) is 0 Å². The highest BCUT2D eigenvalue weighted by molar-refractivity contribution is 5.85. The van der Waals surface area contributed by atoms with Crippen LogP contribution < -0.4 is 5.32 Å². The highest BCUT2D eigenvalue weighted by Gasteiger charge is 2.06. The normalized spacial score (nSPS) is 11.1. The van der Waals surface area contributed by atoms with E-state index in [0.717, 1.165) is 17.8 Å². The van der Waals surface area contributed by atoms with E-state index in [1.54, 1.807) is 6.20 Å². The minimum atomic E-state index is -0.512. The summed E-state index contributed by atoms with van der Waals surface area (Å²) >= 11 is 0. The predicted molar refractivity (Wildman–Crippen MR) is 86.6 cm³/mol. The molecule has 110 valence electrons. The molecule has 0 saturated carbocycles. The number of hydrogen-bond acceptors (Lipinski definition) is 3. The maximum Gasteiger partial charge on any atom is 0.0929 e. The van der Waals surface area contributed by atoms with Crippen molar-refractivity contribution >= 4 is 24.8 Å². The molecule has 5 heteroatoms. The zero-order valence-electron chi connectivity index (χ0n) is 11.3. The maximum absolute atomic E-state index is 9.99. The van der Waals surface area contributed by atoms with E-state index in [2.05, 4.69) is 22.4 Å². The predicted octanol–water partition coefficient (Wildman–Crippen LogP) is 3.06. The number of nitrogens with one attached hydrogen (secondary N) is 1. The molecule has 2 rings (SSSR count). The van der Waals surface area contributed by atoms with Gasteiger partial charge in [-0.2, -0.15) is 0 Å². The zero-order chi connectivity index (χ0) is 12.8. The van der Waals surface area contributed by atoms with Crippen LogP contribution in [0.1, 0.15) is 22.9 Å². The molecule has 3 nitrogen and oxygen atoms in total. The number of halogens is 2. The van der Waals surface area contributed by atoms with Gasteiger partial charge in [0.2, 0.25) is 0 Å². The van der Waals surface area contributed by atoms with Crippen LogP contribution >= 0.6 is 24.8 Å². The Morgan fingerprint density at radius 3 is 2.40 bits per heavy atom. The van der Waals surface area contributed by atoms with Gasteiger partial charge in [-0.05, 0) is 18.6 Å². The summed E-state index contributed by atoms with van der Waals surface area (Å²) in [6, 6.07) is 14.0. The summed E-state index contributed by atoms with van der Waals surface area (Å²) in [4.78, 5) is 4.18. The molecule has 0 bridgehead atoms. The van der Waals surface area contributed by atoms with Crippen LogP contribution in [-0.2, 0) is 6.54 Å². The van der Waals surface area contributed by atoms with Crippen molar-refractivity contribution in [2.75, 3.05) is 6.54 Å². The fourth-order valence-electron chi connectivity index (χ4n) is 1.74. The Morgan fingerprint density at radius 1 is 1.10 bits per heavy atom. The lowest BCUT2D eigenvalue weighted by Crippen LogP contribution is -2.21. The van der Waals surface area contributed by atoms with E-state index < -0.39 is 6.10 Å². The number of aromatic nitrogens is 1. The van der Waals surface area contributed by atoms with Crippen LogP contribution in [0.5, 0.6) is 0 Å². The molecule has 0 radical (unpaired) electrons. The van der Waals surface area contributed by atoms with Gasteiger partial charge in [0.25, 0.3) is 0 Å². The Balaban J connectivity index is 0.00000180. The molecule has 0 fully saturated rings. The standard InChI is InChI=1S/C15H18N2O.2ClH/c1-12-7-8-14(10-17-12)15(18)11-16-9-13-5-3-2-4-6-13;;/h2-8,10,15-16,18H,9,11H2,1H3;2*1H. The number of nitrogens with zero attached hydrogens (tertiary/aromatic N) is 1. The van der Waals surface area contributed by atoms with E-state index in [4.69, 9.17) is 0 Å².